The lowest BCUT2D eigenvalue weighted by atomic mass is 10.1. The Morgan fingerprint density at radius 1 is 1.04 bits per heavy atom. The molecule has 1 aromatic rings. The van der Waals surface area contributed by atoms with E-state index in [4.69, 9.17) is 4.74 Å². The first-order valence-corrected chi connectivity index (χ1v) is 9.45. The van der Waals surface area contributed by atoms with Crippen LogP contribution in [-0.4, -0.2) is 79.4 Å². The average molecular weight is 359 g/mol. The molecule has 2 aliphatic heterocycles. The highest BCUT2D eigenvalue weighted by atomic mass is 16.5. The zero-order valence-corrected chi connectivity index (χ0v) is 16.0. The van der Waals surface area contributed by atoms with Crippen LogP contribution in [0.3, 0.4) is 0 Å². The van der Waals surface area contributed by atoms with Crippen molar-refractivity contribution in [2.45, 2.75) is 32.2 Å². The summed E-state index contributed by atoms with van der Waals surface area (Å²) in [5.74, 6) is 0.970. The highest BCUT2D eigenvalue weighted by molar-refractivity contribution is 5.96. The van der Waals surface area contributed by atoms with Crippen molar-refractivity contribution in [2.24, 2.45) is 0 Å². The molecule has 2 amide bonds. The number of amides is 2. The lowest BCUT2D eigenvalue weighted by molar-refractivity contribution is -0.135. The molecule has 26 heavy (non-hydrogen) atoms. The van der Waals surface area contributed by atoms with Crippen molar-refractivity contribution < 1.29 is 14.3 Å². The highest BCUT2D eigenvalue weighted by Gasteiger charge is 2.32. The number of hydrogen-bond acceptors (Lipinski definition) is 4. The Morgan fingerprint density at radius 3 is 2.46 bits per heavy atom. The van der Waals surface area contributed by atoms with Gasteiger partial charge in [0, 0.05) is 37.3 Å². The van der Waals surface area contributed by atoms with Gasteiger partial charge in [0.1, 0.15) is 5.75 Å². The second-order valence-electron chi connectivity index (χ2n) is 7.24. The molecular formula is C20H29N3O3. The highest BCUT2D eigenvalue weighted by Crippen LogP contribution is 2.23. The Hall–Kier alpha value is -2.08. The third kappa shape index (κ3) is 3.70. The number of methoxy groups -OCH3 is 1. The van der Waals surface area contributed by atoms with Gasteiger partial charge in [0.15, 0.2) is 0 Å². The molecule has 142 valence electrons. The van der Waals surface area contributed by atoms with Gasteiger partial charge in [-0.3, -0.25) is 14.5 Å². The van der Waals surface area contributed by atoms with Gasteiger partial charge in [0.05, 0.1) is 13.2 Å². The smallest absolute Gasteiger partial charge is 0.254 e. The summed E-state index contributed by atoms with van der Waals surface area (Å²) in [4.78, 5) is 31.8. The van der Waals surface area contributed by atoms with Gasteiger partial charge in [-0.15, -0.1) is 0 Å². The molecule has 2 heterocycles. The van der Waals surface area contributed by atoms with Crippen molar-refractivity contribution >= 4 is 11.8 Å². The summed E-state index contributed by atoms with van der Waals surface area (Å²) < 4.78 is 5.34. The summed E-state index contributed by atoms with van der Waals surface area (Å²) in [5.41, 5.74) is 1.55. The van der Waals surface area contributed by atoms with Crippen molar-refractivity contribution in [3.8, 4) is 5.75 Å². The first-order valence-electron chi connectivity index (χ1n) is 9.45. The van der Waals surface area contributed by atoms with E-state index < -0.39 is 0 Å². The molecule has 6 nitrogen and oxygen atoms in total. The molecule has 0 aliphatic carbocycles. The molecule has 0 bridgehead atoms. The summed E-state index contributed by atoms with van der Waals surface area (Å²) in [6.07, 6.45) is 2.84. The Labute approximate surface area is 155 Å². The first-order chi connectivity index (χ1) is 12.5. The first kappa shape index (κ1) is 18.7. The second kappa shape index (κ2) is 8.08. The van der Waals surface area contributed by atoms with Crippen molar-refractivity contribution in [3.63, 3.8) is 0 Å². The number of likely N-dealkylation sites (tertiary alicyclic amines) is 1. The van der Waals surface area contributed by atoms with Gasteiger partial charge >= 0.3 is 0 Å². The predicted molar refractivity (Wildman–Crippen MR) is 100 cm³/mol. The van der Waals surface area contributed by atoms with Crippen LogP contribution in [0.2, 0.25) is 0 Å². The van der Waals surface area contributed by atoms with E-state index in [1.807, 2.05) is 42.0 Å². The van der Waals surface area contributed by atoms with Crippen molar-refractivity contribution in [2.75, 3.05) is 46.9 Å². The SMILES string of the molecule is COc1cccc(C(=O)N2CCCN(C(=O)C3CCCN3C)CC2)c1C. The standard InChI is InChI=1S/C20H29N3O3/c1-15-16(7-4-9-18(15)26-3)19(24)22-11-6-12-23(14-13-22)20(25)17-8-5-10-21(17)2/h4,7,9,17H,5-6,8,10-14H2,1-3H3. The predicted octanol–water partition coefficient (Wildman–Crippen LogP) is 1.77. The number of nitrogens with zero attached hydrogens (tertiary/aromatic N) is 3. The van der Waals surface area contributed by atoms with Crippen LogP contribution in [0.25, 0.3) is 0 Å². The monoisotopic (exact) mass is 359 g/mol. The van der Waals surface area contributed by atoms with E-state index in [0.29, 0.717) is 25.2 Å². The van der Waals surface area contributed by atoms with Crippen LogP contribution in [0.4, 0.5) is 0 Å². The molecule has 2 fully saturated rings. The number of ether oxygens (including phenoxy) is 1. The molecule has 1 unspecified atom stereocenters. The van der Waals surface area contributed by atoms with Crippen LogP contribution >= 0.6 is 0 Å². The minimum Gasteiger partial charge on any atom is -0.496 e. The second-order valence-corrected chi connectivity index (χ2v) is 7.24. The molecule has 2 saturated heterocycles. The molecule has 6 heteroatoms. The molecule has 2 aliphatic rings. The van der Waals surface area contributed by atoms with Gasteiger partial charge in [-0.1, -0.05) is 6.07 Å². The molecular weight excluding hydrogens is 330 g/mol. The van der Waals surface area contributed by atoms with Crippen LogP contribution in [0.5, 0.6) is 5.75 Å². The van der Waals surface area contributed by atoms with Crippen molar-refractivity contribution in [3.05, 3.63) is 29.3 Å². The molecule has 3 rings (SSSR count). The van der Waals surface area contributed by atoms with E-state index in [0.717, 1.165) is 43.7 Å². The largest absolute Gasteiger partial charge is 0.496 e. The number of carbonyl (C=O) groups excluding carboxylic acids is 2. The number of benzene rings is 1. The Balaban J connectivity index is 1.67. The number of carbonyl (C=O) groups is 2. The van der Waals surface area contributed by atoms with Crippen LogP contribution < -0.4 is 4.74 Å². The Morgan fingerprint density at radius 2 is 1.77 bits per heavy atom. The quantitative estimate of drug-likeness (QED) is 0.825. The molecule has 1 atom stereocenters. The average Bonchev–Trinajstić information content (AvgIpc) is 2.92. The van der Waals surface area contributed by atoms with Crippen molar-refractivity contribution in [1.82, 2.24) is 14.7 Å². The maximum Gasteiger partial charge on any atom is 0.254 e. The fourth-order valence-corrected chi connectivity index (χ4v) is 4.01. The minimum atomic E-state index is 0.0119. The number of hydrogen-bond donors (Lipinski definition) is 0. The third-order valence-electron chi connectivity index (χ3n) is 5.63. The summed E-state index contributed by atoms with van der Waals surface area (Å²) >= 11 is 0. The summed E-state index contributed by atoms with van der Waals surface area (Å²) in [6, 6.07) is 5.58. The molecule has 0 spiro atoms. The van der Waals surface area contributed by atoms with Crippen LogP contribution in [-0.2, 0) is 4.79 Å². The fraction of sp³-hybridized carbons (Fsp3) is 0.600. The minimum absolute atomic E-state index is 0.0119. The van der Waals surface area contributed by atoms with E-state index in [-0.39, 0.29) is 17.9 Å². The van der Waals surface area contributed by atoms with E-state index in [9.17, 15) is 9.59 Å². The molecule has 0 N–H and O–H groups in total. The topological polar surface area (TPSA) is 53.1 Å². The van der Waals surface area contributed by atoms with Gasteiger partial charge in [0.2, 0.25) is 5.91 Å². The van der Waals surface area contributed by atoms with Crippen LogP contribution in [0.1, 0.15) is 35.2 Å². The van der Waals surface area contributed by atoms with Gasteiger partial charge in [-0.25, -0.2) is 0 Å². The van der Waals surface area contributed by atoms with Crippen molar-refractivity contribution in [1.29, 1.82) is 0 Å². The van der Waals surface area contributed by atoms with Gasteiger partial charge in [-0.05, 0) is 51.9 Å². The van der Waals surface area contributed by atoms with Gasteiger partial charge < -0.3 is 14.5 Å². The third-order valence-corrected chi connectivity index (χ3v) is 5.63. The van der Waals surface area contributed by atoms with E-state index in [1.165, 1.54) is 0 Å². The fourth-order valence-electron chi connectivity index (χ4n) is 4.01. The van der Waals surface area contributed by atoms with E-state index in [1.54, 1.807) is 7.11 Å². The molecule has 0 aromatic heterocycles. The lowest BCUT2D eigenvalue weighted by Gasteiger charge is -2.27. The van der Waals surface area contributed by atoms with Gasteiger partial charge in [-0.2, -0.15) is 0 Å². The molecule has 0 saturated carbocycles. The molecule has 1 aromatic carbocycles. The zero-order chi connectivity index (χ0) is 18.7. The van der Waals surface area contributed by atoms with Gasteiger partial charge in [0.25, 0.3) is 5.91 Å². The summed E-state index contributed by atoms with van der Waals surface area (Å²) in [7, 11) is 3.64. The van der Waals surface area contributed by atoms with E-state index >= 15 is 0 Å². The lowest BCUT2D eigenvalue weighted by Crippen LogP contribution is -2.46. The Bertz CT molecular complexity index is 676. The summed E-state index contributed by atoms with van der Waals surface area (Å²) in [6.45, 7) is 5.50. The maximum absolute atomic E-state index is 13.0. The van der Waals surface area contributed by atoms with E-state index in [2.05, 4.69) is 4.90 Å². The Kier molecular flexibility index (Phi) is 5.81. The maximum atomic E-state index is 13.0. The van der Waals surface area contributed by atoms with Crippen LogP contribution in [0.15, 0.2) is 18.2 Å². The number of rotatable bonds is 3. The molecule has 0 radical (unpaired) electrons. The number of likely N-dealkylation sites (N-methyl/N-ethyl adjacent to an activating group) is 1. The van der Waals surface area contributed by atoms with Crippen LogP contribution in [0, 0.1) is 6.92 Å². The summed E-state index contributed by atoms with van der Waals surface area (Å²) in [5, 5.41) is 0. The zero-order valence-electron chi connectivity index (χ0n) is 16.0. The normalized spacial score (nSPS) is 21.6.